The van der Waals surface area contributed by atoms with Crippen molar-refractivity contribution in [3.8, 4) is 0 Å². The summed E-state index contributed by atoms with van der Waals surface area (Å²) in [6, 6.07) is 0. The second-order valence-electron chi connectivity index (χ2n) is 6.67. The summed E-state index contributed by atoms with van der Waals surface area (Å²) in [4.78, 5) is 3.70. The Morgan fingerprint density at radius 1 is 0.889 bits per heavy atom. The lowest BCUT2D eigenvalue weighted by Crippen LogP contribution is -2.39. The summed E-state index contributed by atoms with van der Waals surface area (Å²) in [5.41, 5.74) is 13.6. The highest BCUT2D eigenvalue weighted by atomic mass is 32.2. The number of rotatable bonds is 9. The minimum Gasteiger partial charge on any atom is -0.370 e. The first kappa shape index (κ1) is 27.2. The molecule has 0 aromatic heterocycles. The zero-order valence-corrected chi connectivity index (χ0v) is 17.9. The van der Waals surface area contributed by atoms with Crippen molar-refractivity contribution in [2.75, 3.05) is 32.4 Å². The number of guanidine groups is 2. The SMILES string of the molecule is CC(C)=CCN(CCCCN(CC=C(C)C)C(=N)N)C(=N)N.CS(=O)(=O)O. The molecule has 0 aromatic rings. The Morgan fingerprint density at radius 2 is 1.15 bits per heavy atom. The monoisotopic (exact) mass is 404 g/mol. The molecular weight excluding hydrogens is 368 g/mol. The quantitative estimate of drug-likeness (QED) is 0.128. The molecule has 158 valence electrons. The maximum atomic E-state index is 9.19. The molecule has 0 rings (SSSR count). The van der Waals surface area contributed by atoms with Crippen molar-refractivity contribution in [2.24, 2.45) is 11.5 Å². The van der Waals surface area contributed by atoms with E-state index in [4.69, 9.17) is 26.8 Å². The Hall–Kier alpha value is -2.07. The second-order valence-corrected chi connectivity index (χ2v) is 8.13. The van der Waals surface area contributed by atoms with Crippen molar-refractivity contribution in [1.29, 1.82) is 10.8 Å². The number of nitrogens with two attached hydrogens (primary N) is 2. The molecule has 0 aliphatic carbocycles. The van der Waals surface area contributed by atoms with Gasteiger partial charge in [-0.25, -0.2) is 0 Å². The maximum Gasteiger partial charge on any atom is 0.261 e. The first-order valence-electron chi connectivity index (χ1n) is 8.61. The van der Waals surface area contributed by atoms with E-state index in [1.54, 1.807) is 0 Å². The van der Waals surface area contributed by atoms with E-state index in [0.29, 0.717) is 19.3 Å². The minimum absolute atomic E-state index is 0.102. The van der Waals surface area contributed by atoms with E-state index in [2.05, 4.69) is 12.2 Å². The minimum atomic E-state index is -3.67. The summed E-state index contributed by atoms with van der Waals surface area (Å²) >= 11 is 0. The van der Waals surface area contributed by atoms with Gasteiger partial charge < -0.3 is 21.3 Å². The summed E-state index contributed by atoms with van der Waals surface area (Å²) in [5, 5.41) is 15.2. The third-order valence-electron chi connectivity index (χ3n) is 3.23. The molecule has 0 aliphatic heterocycles. The molecule has 0 saturated heterocycles. The summed E-state index contributed by atoms with van der Waals surface area (Å²) in [7, 11) is -3.67. The van der Waals surface area contributed by atoms with Crippen LogP contribution in [0.25, 0.3) is 0 Å². The third-order valence-corrected chi connectivity index (χ3v) is 3.23. The lowest BCUT2D eigenvalue weighted by Gasteiger charge is -2.24. The Morgan fingerprint density at radius 3 is 1.33 bits per heavy atom. The molecule has 0 atom stereocenters. The van der Waals surface area contributed by atoms with Crippen LogP contribution in [0.4, 0.5) is 0 Å². The van der Waals surface area contributed by atoms with E-state index < -0.39 is 10.1 Å². The molecule has 0 amide bonds. The van der Waals surface area contributed by atoms with Gasteiger partial charge in [0.1, 0.15) is 0 Å². The molecule has 0 bridgehead atoms. The largest absolute Gasteiger partial charge is 0.370 e. The Kier molecular flexibility index (Phi) is 14.1. The Bertz CT molecular complexity index is 573. The molecule has 0 saturated carbocycles. The second kappa shape index (κ2) is 14.0. The van der Waals surface area contributed by atoms with Crippen LogP contribution in [-0.2, 0) is 10.1 Å². The van der Waals surface area contributed by atoms with Crippen molar-refractivity contribution in [2.45, 2.75) is 40.5 Å². The number of nitrogens with zero attached hydrogens (tertiary/aromatic N) is 2. The van der Waals surface area contributed by atoms with Crippen molar-refractivity contribution in [3.05, 3.63) is 23.3 Å². The standard InChI is InChI=1S/C16H32N6.CH4O3S/c1-13(2)7-11-21(15(17)18)9-5-6-10-22(16(19)20)12-8-14(3)4;1-5(2,3)4/h7-8H,5-6,9-12H2,1-4H3,(H3,17,18)(H3,19,20);1H3,(H,2,3,4). The predicted molar refractivity (Wildman–Crippen MR) is 113 cm³/mol. The first-order valence-corrected chi connectivity index (χ1v) is 10.5. The lowest BCUT2D eigenvalue weighted by atomic mass is 10.2. The topological polar surface area (TPSA) is 161 Å². The molecule has 0 spiro atoms. The van der Waals surface area contributed by atoms with Gasteiger partial charge in [-0.3, -0.25) is 15.4 Å². The molecule has 0 heterocycles. The van der Waals surface area contributed by atoms with E-state index >= 15 is 0 Å². The van der Waals surface area contributed by atoms with Gasteiger partial charge in [-0.05, 0) is 40.5 Å². The molecule has 27 heavy (non-hydrogen) atoms. The lowest BCUT2D eigenvalue weighted by molar-refractivity contribution is 0.392. The van der Waals surface area contributed by atoms with Gasteiger partial charge in [0.15, 0.2) is 11.9 Å². The van der Waals surface area contributed by atoms with Gasteiger partial charge in [-0.15, -0.1) is 0 Å². The van der Waals surface area contributed by atoms with Gasteiger partial charge in [0.25, 0.3) is 10.1 Å². The van der Waals surface area contributed by atoms with Gasteiger partial charge >= 0.3 is 0 Å². The number of nitrogens with one attached hydrogen (secondary N) is 2. The maximum absolute atomic E-state index is 9.19. The van der Waals surface area contributed by atoms with Crippen LogP contribution in [0.3, 0.4) is 0 Å². The van der Waals surface area contributed by atoms with Crippen LogP contribution < -0.4 is 11.5 Å². The molecule has 0 aromatic carbocycles. The molecule has 7 N–H and O–H groups in total. The number of unbranched alkanes of at least 4 members (excludes halogenated alkanes) is 1. The van der Waals surface area contributed by atoms with Crippen LogP contribution in [0.15, 0.2) is 23.3 Å². The van der Waals surface area contributed by atoms with E-state index in [1.165, 1.54) is 11.1 Å². The fraction of sp³-hybridized carbons (Fsp3) is 0.647. The molecule has 0 unspecified atom stereocenters. The predicted octanol–water partition coefficient (Wildman–Crippen LogP) is 1.59. The summed E-state index contributed by atoms with van der Waals surface area (Å²) in [6.07, 6.45) is 6.67. The van der Waals surface area contributed by atoms with Crippen molar-refractivity contribution >= 4 is 22.0 Å². The van der Waals surface area contributed by atoms with Gasteiger partial charge in [-0.1, -0.05) is 23.3 Å². The summed E-state index contributed by atoms with van der Waals surface area (Å²) in [6.45, 7) is 11.0. The van der Waals surface area contributed by atoms with Gasteiger partial charge in [-0.2, -0.15) is 8.42 Å². The van der Waals surface area contributed by atoms with Crippen molar-refractivity contribution in [1.82, 2.24) is 9.80 Å². The number of hydrogen-bond donors (Lipinski definition) is 5. The van der Waals surface area contributed by atoms with Gasteiger partial charge in [0.05, 0.1) is 6.26 Å². The molecule has 10 heteroatoms. The highest BCUT2D eigenvalue weighted by molar-refractivity contribution is 7.85. The average molecular weight is 405 g/mol. The van der Waals surface area contributed by atoms with Crippen LogP contribution in [0, 0.1) is 10.8 Å². The van der Waals surface area contributed by atoms with Crippen LogP contribution in [0.2, 0.25) is 0 Å². The summed E-state index contributed by atoms with van der Waals surface area (Å²) < 4.78 is 25.9. The zero-order chi connectivity index (χ0) is 21.6. The fourth-order valence-corrected chi connectivity index (χ4v) is 1.81. The molecular formula is C17H36N6O3S. The molecule has 0 aliphatic rings. The average Bonchev–Trinajstić information content (AvgIpc) is 2.46. The van der Waals surface area contributed by atoms with Crippen LogP contribution >= 0.6 is 0 Å². The van der Waals surface area contributed by atoms with E-state index in [9.17, 15) is 8.42 Å². The van der Waals surface area contributed by atoms with Crippen LogP contribution in [-0.4, -0.2) is 67.1 Å². The third kappa shape index (κ3) is 21.9. The molecule has 9 nitrogen and oxygen atoms in total. The van der Waals surface area contributed by atoms with Crippen LogP contribution in [0.5, 0.6) is 0 Å². The molecule has 0 fully saturated rings. The van der Waals surface area contributed by atoms with E-state index in [1.807, 2.05) is 37.5 Å². The fourth-order valence-electron chi connectivity index (χ4n) is 1.81. The number of allylic oxidation sites excluding steroid dienone is 2. The van der Waals surface area contributed by atoms with E-state index in [-0.39, 0.29) is 11.9 Å². The zero-order valence-electron chi connectivity index (χ0n) is 17.1. The van der Waals surface area contributed by atoms with Gasteiger partial charge in [0.2, 0.25) is 0 Å². The number of hydrogen-bond acceptors (Lipinski definition) is 4. The smallest absolute Gasteiger partial charge is 0.261 e. The van der Waals surface area contributed by atoms with Crippen molar-refractivity contribution in [3.63, 3.8) is 0 Å². The molecule has 0 radical (unpaired) electrons. The Balaban J connectivity index is 0. The highest BCUT2D eigenvalue weighted by Crippen LogP contribution is 2.01. The normalized spacial score (nSPS) is 10.1. The van der Waals surface area contributed by atoms with E-state index in [0.717, 1.165) is 25.9 Å². The summed E-state index contributed by atoms with van der Waals surface area (Å²) in [5.74, 6) is 0.205. The Labute approximate surface area is 163 Å². The highest BCUT2D eigenvalue weighted by Gasteiger charge is 2.07. The first-order chi connectivity index (χ1) is 12.2. The van der Waals surface area contributed by atoms with Crippen molar-refractivity contribution < 1.29 is 13.0 Å². The van der Waals surface area contributed by atoms with Gasteiger partial charge in [0, 0.05) is 26.2 Å². The van der Waals surface area contributed by atoms with Crippen LogP contribution in [0.1, 0.15) is 40.5 Å².